The minimum Gasteiger partial charge on any atom is -0.356 e. The van der Waals surface area contributed by atoms with Crippen molar-refractivity contribution in [2.24, 2.45) is 11.8 Å². The number of pyridine rings is 1. The molecular weight excluding hydrogens is 280 g/mol. The Hall–Kier alpha value is -1.28. The maximum atomic E-state index is 6.16. The Bertz CT molecular complexity index is 616. The average Bonchev–Trinajstić information content (AvgIpc) is 2.53. The molecule has 0 spiro atoms. The minimum absolute atomic E-state index is 0.525. The Labute approximate surface area is 132 Å². The predicted molar refractivity (Wildman–Crippen MR) is 91.1 cm³/mol. The molecule has 0 unspecified atom stereocenters. The van der Waals surface area contributed by atoms with E-state index in [1.807, 2.05) is 6.07 Å². The fourth-order valence-corrected chi connectivity index (χ4v) is 3.50. The van der Waals surface area contributed by atoms with Gasteiger partial charge in [0.15, 0.2) is 0 Å². The molecule has 0 radical (unpaired) electrons. The number of nitrogens with zero attached hydrogens (tertiary/aromatic N) is 2. The number of anilines is 1. The van der Waals surface area contributed by atoms with Gasteiger partial charge in [-0.15, -0.1) is 11.6 Å². The number of para-hydroxylation sites is 1. The Morgan fingerprint density at radius 1 is 1.24 bits per heavy atom. The molecular formula is C18H23ClN2. The van der Waals surface area contributed by atoms with Gasteiger partial charge in [-0.1, -0.05) is 32.0 Å². The van der Waals surface area contributed by atoms with Gasteiger partial charge in [0.25, 0.3) is 0 Å². The topological polar surface area (TPSA) is 16.1 Å². The molecule has 112 valence electrons. The van der Waals surface area contributed by atoms with E-state index in [9.17, 15) is 0 Å². The van der Waals surface area contributed by atoms with Crippen LogP contribution in [0.1, 0.15) is 32.3 Å². The highest BCUT2D eigenvalue weighted by atomic mass is 35.5. The molecule has 2 heterocycles. The number of alkyl halides is 1. The molecule has 0 bridgehead atoms. The monoisotopic (exact) mass is 302 g/mol. The zero-order valence-corrected chi connectivity index (χ0v) is 13.6. The van der Waals surface area contributed by atoms with Gasteiger partial charge in [0.2, 0.25) is 0 Å². The van der Waals surface area contributed by atoms with Gasteiger partial charge in [-0.05, 0) is 36.8 Å². The van der Waals surface area contributed by atoms with Gasteiger partial charge >= 0.3 is 0 Å². The zero-order chi connectivity index (χ0) is 14.8. The van der Waals surface area contributed by atoms with E-state index >= 15 is 0 Å². The summed E-state index contributed by atoms with van der Waals surface area (Å²) in [7, 11) is 0. The van der Waals surface area contributed by atoms with E-state index in [1.165, 1.54) is 18.2 Å². The third kappa shape index (κ3) is 3.01. The van der Waals surface area contributed by atoms with E-state index in [2.05, 4.69) is 43.0 Å². The molecule has 2 aromatic rings. The minimum atomic E-state index is 0.525. The summed E-state index contributed by atoms with van der Waals surface area (Å²) >= 11 is 6.16. The molecule has 1 saturated heterocycles. The molecule has 1 aliphatic rings. The van der Waals surface area contributed by atoms with E-state index in [4.69, 9.17) is 16.6 Å². The molecule has 0 aliphatic carbocycles. The number of benzene rings is 1. The molecule has 0 atom stereocenters. The highest BCUT2D eigenvalue weighted by molar-refractivity contribution is 6.17. The van der Waals surface area contributed by atoms with Gasteiger partial charge in [-0.2, -0.15) is 0 Å². The van der Waals surface area contributed by atoms with E-state index in [0.29, 0.717) is 5.88 Å². The maximum Gasteiger partial charge on any atom is 0.133 e. The zero-order valence-electron chi connectivity index (χ0n) is 12.8. The lowest BCUT2D eigenvalue weighted by molar-refractivity contribution is 0.310. The second kappa shape index (κ2) is 6.23. The molecule has 1 fully saturated rings. The van der Waals surface area contributed by atoms with Crippen molar-refractivity contribution in [3.63, 3.8) is 0 Å². The lowest BCUT2D eigenvalue weighted by Gasteiger charge is -2.35. The normalized spacial score (nSPS) is 16.9. The van der Waals surface area contributed by atoms with Crippen LogP contribution in [0.4, 0.5) is 5.82 Å². The molecule has 0 amide bonds. The van der Waals surface area contributed by atoms with Crippen LogP contribution in [0.5, 0.6) is 0 Å². The second-order valence-electron chi connectivity index (χ2n) is 6.37. The molecule has 1 aromatic heterocycles. The summed E-state index contributed by atoms with van der Waals surface area (Å²) < 4.78 is 0. The summed E-state index contributed by atoms with van der Waals surface area (Å²) in [4.78, 5) is 7.30. The second-order valence-corrected chi connectivity index (χ2v) is 6.63. The van der Waals surface area contributed by atoms with Crippen molar-refractivity contribution in [2.75, 3.05) is 18.0 Å². The fourth-order valence-electron chi connectivity index (χ4n) is 3.30. The van der Waals surface area contributed by atoms with E-state index in [-0.39, 0.29) is 0 Å². The Kier molecular flexibility index (Phi) is 4.34. The Morgan fingerprint density at radius 2 is 1.95 bits per heavy atom. The summed E-state index contributed by atoms with van der Waals surface area (Å²) in [6.45, 7) is 6.85. The number of aromatic nitrogens is 1. The number of fused-ring (bicyclic) bond motifs is 1. The molecule has 21 heavy (non-hydrogen) atoms. The lowest BCUT2D eigenvalue weighted by Crippen LogP contribution is -2.36. The highest BCUT2D eigenvalue weighted by Gasteiger charge is 2.23. The first kappa shape index (κ1) is 14.6. The first-order chi connectivity index (χ1) is 10.2. The summed E-state index contributed by atoms with van der Waals surface area (Å²) in [6.07, 6.45) is 2.52. The predicted octanol–water partition coefficient (Wildman–Crippen LogP) is 4.85. The lowest BCUT2D eigenvalue weighted by atomic mass is 9.86. The summed E-state index contributed by atoms with van der Waals surface area (Å²) in [6, 6.07) is 10.5. The standard InChI is InChI=1S/C18H23ClN2/c1-13(2)14-7-9-21(10-8-14)18-16(12-19)11-15-5-3-4-6-17(15)20-18/h3-6,11,13-14H,7-10,12H2,1-2H3. The molecule has 1 aliphatic heterocycles. The van der Waals surface area contributed by atoms with Gasteiger partial charge in [0.1, 0.15) is 5.82 Å². The summed E-state index contributed by atoms with van der Waals surface area (Å²) in [5.74, 6) is 3.24. The molecule has 1 aromatic carbocycles. The van der Waals surface area contributed by atoms with Crippen LogP contribution in [0.15, 0.2) is 30.3 Å². The largest absolute Gasteiger partial charge is 0.356 e. The number of rotatable bonds is 3. The smallest absolute Gasteiger partial charge is 0.133 e. The summed E-state index contributed by atoms with van der Waals surface area (Å²) in [5.41, 5.74) is 2.21. The van der Waals surface area contributed by atoms with Crippen LogP contribution in [0.25, 0.3) is 10.9 Å². The van der Waals surface area contributed by atoms with Crippen LogP contribution < -0.4 is 4.90 Å². The molecule has 2 nitrogen and oxygen atoms in total. The number of halogens is 1. The Morgan fingerprint density at radius 3 is 2.62 bits per heavy atom. The van der Waals surface area contributed by atoms with E-state index in [1.54, 1.807) is 0 Å². The number of hydrogen-bond acceptors (Lipinski definition) is 2. The van der Waals surface area contributed by atoms with Crippen LogP contribution in [-0.4, -0.2) is 18.1 Å². The van der Waals surface area contributed by atoms with Gasteiger partial charge < -0.3 is 4.90 Å². The third-order valence-electron chi connectivity index (χ3n) is 4.71. The molecule has 3 rings (SSSR count). The van der Waals surface area contributed by atoms with Gasteiger partial charge in [0, 0.05) is 24.0 Å². The van der Waals surface area contributed by atoms with Gasteiger partial charge in [0.05, 0.1) is 11.4 Å². The van der Waals surface area contributed by atoms with Crippen LogP contribution in [-0.2, 0) is 5.88 Å². The van der Waals surface area contributed by atoms with Crippen LogP contribution in [0, 0.1) is 11.8 Å². The van der Waals surface area contributed by atoms with E-state index in [0.717, 1.165) is 41.8 Å². The van der Waals surface area contributed by atoms with Crippen molar-refractivity contribution >= 4 is 28.3 Å². The van der Waals surface area contributed by atoms with Crippen molar-refractivity contribution in [1.82, 2.24) is 4.98 Å². The van der Waals surface area contributed by atoms with Crippen molar-refractivity contribution < 1.29 is 0 Å². The van der Waals surface area contributed by atoms with Crippen LogP contribution >= 0.6 is 11.6 Å². The maximum absolute atomic E-state index is 6.16. The van der Waals surface area contributed by atoms with Crippen molar-refractivity contribution in [1.29, 1.82) is 0 Å². The molecule has 0 saturated carbocycles. The van der Waals surface area contributed by atoms with E-state index < -0.39 is 0 Å². The molecule has 0 N–H and O–H groups in total. The third-order valence-corrected chi connectivity index (χ3v) is 4.99. The number of piperidine rings is 1. The van der Waals surface area contributed by atoms with Crippen molar-refractivity contribution in [3.8, 4) is 0 Å². The SMILES string of the molecule is CC(C)C1CCN(c2nc3ccccc3cc2CCl)CC1. The molecule has 3 heteroatoms. The average molecular weight is 303 g/mol. The first-order valence-electron chi connectivity index (χ1n) is 7.88. The van der Waals surface area contributed by atoms with Gasteiger partial charge in [-0.25, -0.2) is 4.98 Å². The first-order valence-corrected chi connectivity index (χ1v) is 8.42. The van der Waals surface area contributed by atoms with Crippen molar-refractivity contribution in [2.45, 2.75) is 32.6 Å². The summed E-state index contributed by atoms with van der Waals surface area (Å²) in [5, 5.41) is 1.17. The van der Waals surface area contributed by atoms with Crippen molar-refractivity contribution in [3.05, 3.63) is 35.9 Å². The van der Waals surface area contributed by atoms with Crippen LogP contribution in [0.2, 0.25) is 0 Å². The highest BCUT2D eigenvalue weighted by Crippen LogP contribution is 2.30. The number of hydrogen-bond donors (Lipinski definition) is 0. The van der Waals surface area contributed by atoms with Gasteiger partial charge in [-0.3, -0.25) is 0 Å². The quantitative estimate of drug-likeness (QED) is 0.754. The van der Waals surface area contributed by atoms with Crippen LogP contribution in [0.3, 0.4) is 0 Å². The fraction of sp³-hybridized carbons (Fsp3) is 0.500. The Balaban J connectivity index is 1.89.